The molecule has 2 rings (SSSR count). The maximum absolute atomic E-state index is 12.3. The van der Waals surface area contributed by atoms with Gasteiger partial charge in [0.05, 0.1) is 25.6 Å². The highest BCUT2D eigenvalue weighted by Gasteiger charge is 2.10. The van der Waals surface area contributed by atoms with E-state index in [1.165, 1.54) is 0 Å². The van der Waals surface area contributed by atoms with E-state index < -0.39 is 0 Å². The molecule has 5 nitrogen and oxygen atoms in total. The number of nitrogens with one attached hydrogen (secondary N) is 1. The molecule has 2 aromatic rings. The fourth-order valence-corrected chi connectivity index (χ4v) is 2.68. The fourth-order valence-electron chi connectivity index (χ4n) is 2.68. The molecule has 1 aromatic heterocycles. The minimum Gasteiger partial charge on any atom is -0.497 e. The Bertz CT molecular complexity index is 696. The molecule has 0 aliphatic carbocycles. The molecule has 0 atom stereocenters. The average Bonchev–Trinajstić information content (AvgIpc) is 2.55. The molecule has 0 aliphatic rings. The zero-order chi connectivity index (χ0) is 17.7. The van der Waals surface area contributed by atoms with Crippen LogP contribution in [0.2, 0.25) is 0 Å². The summed E-state index contributed by atoms with van der Waals surface area (Å²) in [6, 6.07) is 7.61. The lowest BCUT2D eigenvalue weighted by molar-refractivity contribution is -0.116. The van der Waals surface area contributed by atoms with Crippen LogP contribution in [0, 0.1) is 20.8 Å². The first-order chi connectivity index (χ1) is 11.4. The SMILES string of the molecule is COc1cc(CCC(=O)Nc2c(C)cc(C)nc2C)cc(OC)c1. The van der Waals surface area contributed by atoms with E-state index in [1.807, 2.05) is 45.0 Å². The van der Waals surface area contributed by atoms with Gasteiger partial charge >= 0.3 is 0 Å². The van der Waals surface area contributed by atoms with Gasteiger partial charge < -0.3 is 14.8 Å². The van der Waals surface area contributed by atoms with Gasteiger partial charge in [0, 0.05) is 18.2 Å². The van der Waals surface area contributed by atoms with Crippen molar-refractivity contribution in [3.8, 4) is 11.5 Å². The standard InChI is InChI=1S/C19H24N2O3/c1-12-8-13(2)20-14(3)19(12)21-18(22)7-6-15-9-16(23-4)11-17(10-15)24-5/h8-11H,6-7H2,1-5H3,(H,21,22). The van der Waals surface area contributed by atoms with Crippen molar-refractivity contribution in [2.45, 2.75) is 33.6 Å². The minimum atomic E-state index is -0.0337. The average molecular weight is 328 g/mol. The van der Waals surface area contributed by atoms with Crippen LogP contribution < -0.4 is 14.8 Å². The number of aromatic nitrogens is 1. The van der Waals surface area contributed by atoms with E-state index in [4.69, 9.17) is 9.47 Å². The van der Waals surface area contributed by atoms with Crippen LogP contribution in [0.5, 0.6) is 11.5 Å². The predicted molar refractivity (Wildman–Crippen MR) is 94.9 cm³/mol. The Kier molecular flexibility index (Phi) is 5.79. The summed E-state index contributed by atoms with van der Waals surface area (Å²) >= 11 is 0. The van der Waals surface area contributed by atoms with E-state index in [1.54, 1.807) is 14.2 Å². The number of nitrogens with zero attached hydrogens (tertiary/aromatic N) is 1. The lowest BCUT2D eigenvalue weighted by Gasteiger charge is -2.12. The molecule has 0 saturated carbocycles. The lowest BCUT2D eigenvalue weighted by Crippen LogP contribution is -2.15. The van der Waals surface area contributed by atoms with Crippen LogP contribution in [0.25, 0.3) is 0 Å². The Morgan fingerprint density at radius 3 is 2.21 bits per heavy atom. The van der Waals surface area contributed by atoms with Gasteiger partial charge in [0.15, 0.2) is 0 Å². The van der Waals surface area contributed by atoms with Gasteiger partial charge in [0.2, 0.25) is 5.91 Å². The number of hydrogen-bond acceptors (Lipinski definition) is 4. The predicted octanol–water partition coefficient (Wildman–Crippen LogP) is 3.60. The van der Waals surface area contributed by atoms with Crippen LogP contribution >= 0.6 is 0 Å². The molecule has 1 N–H and O–H groups in total. The monoisotopic (exact) mass is 328 g/mol. The first-order valence-corrected chi connectivity index (χ1v) is 7.89. The number of aryl methyl sites for hydroxylation is 4. The van der Waals surface area contributed by atoms with Gasteiger partial charge in [-0.3, -0.25) is 9.78 Å². The Morgan fingerprint density at radius 1 is 1.04 bits per heavy atom. The highest BCUT2D eigenvalue weighted by molar-refractivity contribution is 5.92. The molecule has 5 heteroatoms. The van der Waals surface area contributed by atoms with Gasteiger partial charge in [0.1, 0.15) is 11.5 Å². The van der Waals surface area contributed by atoms with Crippen LogP contribution in [-0.2, 0) is 11.2 Å². The molecule has 1 heterocycles. The maximum Gasteiger partial charge on any atom is 0.224 e. The third-order valence-electron chi connectivity index (χ3n) is 3.84. The van der Waals surface area contributed by atoms with Crippen LogP contribution in [0.3, 0.4) is 0 Å². The number of ether oxygens (including phenoxy) is 2. The first-order valence-electron chi connectivity index (χ1n) is 7.89. The molecule has 0 aliphatic heterocycles. The minimum absolute atomic E-state index is 0.0337. The number of anilines is 1. The van der Waals surface area contributed by atoms with Gasteiger partial charge in [-0.1, -0.05) is 0 Å². The number of methoxy groups -OCH3 is 2. The molecule has 0 unspecified atom stereocenters. The van der Waals surface area contributed by atoms with Crippen LogP contribution in [-0.4, -0.2) is 25.1 Å². The molecule has 0 bridgehead atoms. The van der Waals surface area contributed by atoms with Crippen molar-refractivity contribution in [1.29, 1.82) is 0 Å². The van der Waals surface area contributed by atoms with Gasteiger partial charge in [-0.2, -0.15) is 0 Å². The summed E-state index contributed by atoms with van der Waals surface area (Å²) in [6.07, 6.45) is 0.986. The summed E-state index contributed by atoms with van der Waals surface area (Å²) in [6.45, 7) is 5.83. The first kappa shape index (κ1) is 17.8. The summed E-state index contributed by atoms with van der Waals surface area (Å²) in [5, 5.41) is 2.97. The van der Waals surface area contributed by atoms with E-state index >= 15 is 0 Å². The normalized spacial score (nSPS) is 10.4. The van der Waals surface area contributed by atoms with Crippen molar-refractivity contribution in [2.24, 2.45) is 0 Å². The molecule has 1 amide bonds. The van der Waals surface area contributed by atoms with Crippen molar-refractivity contribution >= 4 is 11.6 Å². The Balaban J connectivity index is 2.04. The van der Waals surface area contributed by atoms with Crippen LogP contribution in [0.4, 0.5) is 5.69 Å². The van der Waals surface area contributed by atoms with Crippen molar-refractivity contribution in [3.05, 3.63) is 46.8 Å². The molecule has 0 spiro atoms. The van der Waals surface area contributed by atoms with Gasteiger partial charge in [0.25, 0.3) is 0 Å². The summed E-state index contributed by atoms with van der Waals surface area (Å²) in [4.78, 5) is 16.7. The van der Waals surface area contributed by atoms with E-state index in [2.05, 4.69) is 10.3 Å². The smallest absolute Gasteiger partial charge is 0.224 e. The third kappa shape index (κ3) is 4.47. The Labute approximate surface area is 143 Å². The summed E-state index contributed by atoms with van der Waals surface area (Å²) in [5.74, 6) is 1.41. The van der Waals surface area contributed by atoms with Crippen molar-refractivity contribution < 1.29 is 14.3 Å². The number of carbonyl (C=O) groups is 1. The number of amides is 1. The molecule has 0 fully saturated rings. The van der Waals surface area contributed by atoms with Gasteiger partial charge in [-0.05, 0) is 56.5 Å². The molecule has 24 heavy (non-hydrogen) atoms. The summed E-state index contributed by atoms with van der Waals surface area (Å²) in [7, 11) is 3.22. The van der Waals surface area contributed by atoms with Crippen LogP contribution in [0.1, 0.15) is 28.9 Å². The molecule has 0 radical (unpaired) electrons. The highest BCUT2D eigenvalue weighted by atomic mass is 16.5. The number of carbonyl (C=O) groups excluding carboxylic acids is 1. The number of hydrogen-bond donors (Lipinski definition) is 1. The second kappa shape index (κ2) is 7.81. The Hall–Kier alpha value is -2.56. The Morgan fingerprint density at radius 2 is 1.67 bits per heavy atom. The highest BCUT2D eigenvalue weighted by Crippen LogP contribution is 2.24. The lowest BCUT2D eigenvalue weighted by atomic mass is 10.1. The molecular weight excluding hydrogens is 304 g/mol. The van der Waals surface area contributed by atoms with E-state index in [0.29, 0.717) is 12.8 Å². The third-order valence-corrected chi connectivity index (χ3v) is 3.84. The van der Waals surface area contributed by atoms with Crippen molar-refractivity contribution in [1.82, 2.24) is 4.98 Å². The number of rotatable bonds is 6. The number of benzene rings is 1. The largest absolute Gasteiger partial charge is 0.497 e. The quantitative estimate of drug-likeness (QED) is 0.880. The van der Waals surface area contributed by atoms with Crippen molar-refractivity contribution in [3.63, 3.8) is 0 Å². The molecular formula is C19H24N2O3. The molecule has 1 aromatic carbocycles. The fraction of sp³-hybridized carbons (Fsp3) is 0.368. The second-order valence-electron chi connectivity index (χ2n) is 5.81. The molecule has 0 saturated heterocycles. The van der Waals surface area contributed by atoms with Crippen LogP contribution in [0.15, 0.2) is 24.3 Å². The number of pyridine rings is 1. The van der Waals surface area contributed by atoms with Crippen molar-refractivity contribution in [2.75, 3.05) is 19.5 Å². The van der Waals surface area contributed by atoms with E-state index in [-0.39, 0.29) is 5.91 Å². The zero-order valence-corrected chi connectivity index (χ0v) is 14.9. The zero-order valence-electron chi connectivity index (χ0n) is 14.9. The molecule has 128 valence electrons. The summed E-state index contributed by atoms with van der Waals surface area (Å²) in [5.41, 5.74) is 4.61. The topological polar surface area (TPSA) is 60.5 Å². The van der Waals surface area contributed by atoms with E-state index in [9.17, 15) is 4.79 Å². The second-order valence-corrected chi connectivity index (χ2v) is 5.81. The summed E-state index contributed by atoms with van der Waals surface area (Å²) < 4.78 is 10.5. The maximum atomic E-state index is 12.3. The van der Waals surface area contributed by atoms with E-state index in [0.717, 1.165) is 39.7 Å². The van der Waals surface area contributed by atoms with Gasteiger partial charge in [-0.25, -0.2) is 0 Å². The van der Waals surface area contributed by atoms with Gasteiger partial charge in [-0.15, -0.1) is 0 Å².